The van der Waals surface area contributed by atoms with Crippen LogP contribution < -0.4 is 5.32 Å². The van der Waals surface area contributed by atoms with Crippen LogP contribution in [0.4, 0.5) is 0 Å². The van der Waals surface area contributed by atoms with Gasteiger partial charge in [0.1, 0.15) is 4.33 Å². The Morgan fingerprint density at radius 2 is 1.96 bits per heavy atom. The highest BCUT2D eigenvalue weighted by molar-refractivity contribution is 6.53. The smallest absolute Gasteiger partial charge is 0.229 e. The number of likely N-dealkylation sites (N-methyl/N-ethyl adjacent to an activating group) is 1. The highest BCUT2D eigenvalue weighted by Crippen LogP contribution is 2.63. The molecule has 4 nitrogen and oxygen atoms in total. The quantitative estimate of drug-likeness (QED) is 0.605. The molecule has 0 aromatic heterocycles. The molecule has 2 fully saturated rings. The van der Waals surface area contributed by atoms with E-state index in [0.717, 1.165) is 32.6 Å². The first-order chi connectivity index (χ1) is 11.8. The standard InChI is InChI=1S/C19H27Cl2N3O/c1-18(14-19(18,20)21)17(25)22-9-6-10-24-12-11-23(2)13-16(24)15-7-4-3-5-8-15/h3-5,7-8,16H,6,9-14H2,1-2H3,(H,22,25)/t16-,18+/m0/s1. The Kier molecular flexibility index (Phi) is 5.64. The zero-order valence-electron chi connectivity index (χ0n) is 15.0. The number of hydrogen-bond donors (Lipinski definition) is 1. The normalized spacial score (nSPS) is 29.4. The molecule has 1 aliphatic heterocycles. The summed E-state index contributed by atoms with van der Waals surface area (Å²) in [5.41, 5.74) is 0.730. The van der Waals surface area contributed by atoms with E-state index in [1.165, 1.54) is 5.56 Å². The number of hydrogen-bond acceptors (Lipinski definition) is 3. The van der Waals surface area contributed by atoms with E-state index in [9.17, 15) is 4.79 Å². The van der Waals surface area contributed by atoms with Crippen molar-refractivity contribution in [1.82, 2.24) is 15.1 Å². The van der Waals surface area contributed by atoms with E-state index in [4.69, 9.17) is 23.2 Å². The molecule has 0 unspecified atom stereocenters. The van der Waals surface area contributed by atoms with Gasteiger partial charge in [0.15, 0.2) is 0 Å². The molecule has 1 aromatic rings. The maximum absolute atomic E-state index is 12.2. The first kappa shape index (κ1) is 19.0. The van der Waals surface area contributed by atoms with Gasteiger partial charge in [-0.05, 0) is 32.4 Å². The number of alkyl halides is 2. The van der Waals surface area contributed by atoms with Gasteiger partial charge in [0.05, 0.1) is 5.41 Å². The maximum atomic E-state index is 12.2. The number of carbonyl (C=O) groups is 1. The summed E-state index contributed by atoms with van der Waals surface area (Å²) in [6.07, 6.45) is 1.45. The van der Waals surface area contributed by atoms with Gasteiger partial charge in [-0.1, -0.05) is 30.3 Å². The van der Waals surface area contributed by atoms with Crippen LogP contribution in [-0.4, -0.2) is 59.8 Å². The van der Waals surface area contributed by atoms with Crippen LogP contribution in [0.5, 0.6) is 0 Å². The number of carbonyl (C=O) groups excluding carboxylic acids is 1. The summed E-state index contributed by atoms with van der Waals surface area (Å²) >= 11 is 12.1. The molecule has 1 aliphatic carbocycles. The van der Waals surface area contributed by atoms with Gasteiger partial charge < -0.3 is 10.2 Å². The number of nitrogens with one attached hydrogen (secondary N) is 1. The lowest BCUT2D eigenvalue weighted by atomic mass is 10.0. The van der Waals surface area contributed by atoms with E-state index in [1.54, 1.807) is 0 Å². The predicted octanol–water partition coefficient (Wildman–Crippen LogP) is 3.07. The molecule has 138 valence electrons. The van der Waals surface area contributed by atoms with Crippen LogP contribution in [0.3, 0.4) is 0 Å². The minimum absolute atomic E-state index is 0.0320. The number of benzene rings is 1. The Balaban J connectivity index is 1.49. The van der Waals surface area contributed by atoms with Gasteiger partial charge in [0, 0.05) is 38.8 Å². The molecule has 2 atom stereocenters. The van der Waals surface area contributed by atoms with Crippen LogP contribution in [0.1, 0.15) is 31.4 Å². The Morgan fingerprint density at radius 3 is 2.60 bits per heavy atom. The third-order valence-corrected chi connectivity index (χ3v) is 6.65. The van der Waals surface area contributed by atoms with Crippen molar-refractivity contribution in [2.75, 3.05) is 39.8 Å². The summed E-state index contributed by atoms with van der Waals surface area (Å²) in [6.45, 7) is 6.62. The summed E-state index contributed by atoms with van der Waals surface area (Å²) in [6, 6.07) is 11.1. The van der Waals surface area contributed by atoms with Crippen molar-refractivity contribution in [3.63, 3.8) is 0 Å². The van der Waals surface area contributed by atoms with E-state index in [-0.39, 0.29) is 5.91 Å². The second-order valence-corrected chi connectivity index (χ2v) is 9.03. The number of rotatable bonds is 6. The first-order valence-corrected chi connectivity index (χ1v) is 9.73. The molecule has 1 amide bonds. The zero-order chi connectivity index (χ0) is 18.1. The molecule has 25 heavy (non-hydrogen) atoms. The minimum Gasteiger partial charge on any atom is -0.355 e. The van der Waals surface area contributed by atoms with Gasteiger partial charge in [0.25, 0.3) is 0 Å². The molecule has 1 saturated heterocycles. The fraction of sp³-hybridized carbons (Fsp3) is 0.632. The number of amides is 1. The zero-order valence-corrected chi connectivity index (χ0v) is 16.5. The maximum Gasteiger partial charge on any atom is 0.229 e. The molecule has 1 aromatic carbocycles. The average Bonchev–Trinajstić information content (AvgIpc) is 3.12. The van der Waals surface area contributed by atoms with Gasteiger partial charge in [-0.3, -0.25) is 9.69 Å². The third-order valence-electron chi connectivity index (χ3n) is 5.55. The van der Waals surface area contributed by atoms with E-state index in [0.29, 0.717) is 19.0 Å². The summed E-state index contributed by atoms with van der Waals surface area (Å²) in [5, 5.41) is 3.00. The largest absolute Gasteiger partial charge is 0.355 e. The monoisotopic (exact) mass is 383 g/mol. The molecular formula is C19H27Cl2N3O. The van der Waals surface area contributed by atoms with Crippen molar-refractivity contribution in [1.29, 1.82) is 0 Å². The Labute approximate surface area is 160 Å². The van der Waals surface area contributed by atoms with Crippen LogP contribution in [0.2, 0.25) is 0 Å². The minimum atomic E-state index is -0.896. The van der Waals surface area contributed by atoms with Crippen molar-refractivity contribution in [3.8, 4) is 0 Å². The Hall–Kier alpha value is -0.810. The lowest BCUT2D eigenvalue weighted by Gasteiger charge is -2.40. The van der Waals surface area contributed by atoms with Crippen molar-refractivity contribution in [2.45, 2.75) is 30.1 Å². The molecule has 1 saturated carbocycles. The molecule has 0 bridgehead atoms. The fourth-order valence-corrected chi connectivity index (χ4v) is 4.25. The van der Waals surface area contributed by atoms with E-state index >= 15 is 0 Å². The van der Waals surface area contributed by atoms with Crippen LogP contribution in [0.25, 0.3) is 0 Å². The van der Waals surface area contributed by atoms with Crippen molar-refractivity contribution in [3.05, 3.63) is 35.9 Å². The van der Waals surface area contributed by atoms with Crippen LogP contribution >= 0.6 is 23.2 Å². The van der Waals surface area contributed by atoms with E-state index in [2.05, 4.69) is 52.5 Å². The lowest BCUT2D eigenvalue weighted by Crippen LogP contribution is -2.47. The second-order valence-electron chi connectivity index (χ2n) is 7.55. The molecule has 2 aliphatic rings. The van der Waals surface area contributed by atoms with Crippen molar-refractivity contribution >= 4 is 29.1 Å². The molecule has 0 spiro atoms. The molecule has 1 N–H and O–H groups in total. The molecule has 6 heteroatoms. The number of halogens is 2. The van der Waals surface area contributed by atoms with E-state index in [1.807, 2.05) is 6.92 Å². The van der Waals surface area contributed by atoms with Gasteiger partial charge in [-0.25, -0.2) is 0 Å². The Bertz CT molecular complexity index is 610. The van der Waals surface area contributed by atoms with Crippen LogP contribution in [-0.2, 0) is 4.79 Å². The highest BCUT2D eigenvalue weighted by atomic mass is 35.5. The summed E-state index contributed by atoms with van der Waals surface area (Å²) < 4.78 is -0.896. The average molecular weight is 384 g/mol. The third kappa shape index (κ3) is 4.13. The van der Waals surface area contributed by atoms with E-state index < -0.39 is 9.75 Å². The highest BCUT2D eigenvalue weighted by Gasteiger charge is 2.67. The van der Waals surface area contributed by atoms with Crippen LogP contribution in [0, 0.1) is 5.41 Å². The van der Waals surface area contributed by atoms with Gasteiger partial charge in [0.2, 0.25) is 5.91 Å². The summed E-state index contributed by atoms with van der Waals surface area (Å²) in [5.74, 6) is -0.0320. The SMILES string of the molecule is CN1CCN(CCCNC(=O)[C@@]2(C)CC2(Cl)Cl)[C@H](c2ccccc2)C1. The first-order valence-electron chi connectivity index (χ1n) is 8.97. The topological polar surface area (TPSA) is 35.6 Å². The Morgan fingerprint density at radius 1 is 1.28 bits per heavy atom. The summed E-state index contributed by atoms with van der Waals surface area (Å²) in [7, 11) is 2.18. The van der Waals surface area contributed by atoms with Crippen molar-refractivity contribution in [2.24, 2.45) is 5.41 Å². The second kappa shape index (κ2) is 7.43. The molecule has 0 radical (unpaired) electrons. The fourth-order valence-electron chi connectivity index (χ4n) is 3.54. The number of piperazine rings is 1. The lowest BCUT2D eigenvalue weighted by molar-refractivity contribution is -0.125. The van der Waals surface area contributed by atoms with Crippen molar-refractivity contribution < 1.29 is 4.79 Å². The van der Waals surface area contributed by atoms with Crippen LogP contribution in [0.15, 0.2) is 30.3 Å². The van der Waals surface area contributed by atoms with Gasteiger partial charge in [-0.15, -0.1) is 23.2 Å². The van der Waals surface area contributed by atoms with Gasteiger partial charge >= 0.3 is 0 Å². The number of nitrogens with zero attached hydrogens (tertiary/aromatic N) is 2. The molecule has 1 heterocycles. The molecular weight excluding hydrogens is 357 g/mol. The van der Waals surface area contributed by atoms with Gasteiger partial charge in [-0.2, -0.15) is 0 Å². The summed E-state index contributed by atoms with van der Waals surface area (Å²) in [4.78, 5) is 17.1. The molecule has 3 rings (SSSR count). The predicted molar refractivity (Wildman–Crippen MR) is 103 cm³/mol.